The number of hydrogen-bond acceptors (Lipinski definition) is 6. The molecule has 4 aromatic rings. The highest BCUT2D eigenvalue weighted by atomic mass is 19.4. The van der Waals surface area contributed by atoms with E-state index in [4.69, 9.17) is 0 Å². The van der Waals surface area contributed by atoms with Crippen LogP contribution < -0.4 is 16.0 Å². The summed E-state index contributed by atoms with van der Waals surface area (Å²) in [6.45, 7) is 1.90. The van der Waals surface area contributed by atoms with Crippen molar-refractivity contribution in [2.45, 2.75) is 32.0 Å². The van der Waals surface area contributed by atoms with Crippen molar-refractivity contribution in [3.8, 4) is 5.82 Å². The van der Waals surface area contributed by atoms with Gasteiger partial charge in [0.1, 0.15) is 18.0 Å². The second-order valence-corrected chi connectivity index (χ2v) is 8.48. The highest BCUT2D eigenvalue weighted by Crippen LogP contribution is 2.30. The predicted octanol–water partition coefficient (Wildman–Crippen LogP) is 5.56. The summed E-state index contributed by atoms with van der Waals surface area (Å²) in [5.74, 6) is 1.38. The molecular formula is C25H22F3N7O. The van der Waals surface area contributed by atoms with E-state index in [2.05, 4.69) is 30.9 Å². The molecule has 0 atom stereocenters. The monoisotopic (exact) mass is 493 g/mol. The van der Waals surface area contributed by atoms with Gasteiger partial charge in [0.05, 0.1) is 5.56 Å². The number of hydrogen-bond donors (Lipinski definition) is 3. The first kappa shape index (κ1) is 23.3. The normalized spacial score (nSPS) is 13.3. The number of nitrogens with one attached hydrogen (secondary N) is 3. The molecule has 3 N–H and O–H groups in total. The van der Waals surface area contributed by atoms with Crippen LogP contribution in [0.3, 0.4) is 0 Å². The summed E-state index contributed by atoms with van der Waals surface area (Å²) in [6, 6.07) is 11.6. The topological polar surface area (TPSA) is 96.8 Å². The number of carbonyl (C=O) groups is 1. The minimum atomic E-state index is -4.46. The number of imidazole rings is 1. The van der Waals surface area contributed by atoms with Crippen LogP contribution in [0.25, 0.3) is 5.82 Å². The van der Waals surface area contributed by atoms with Crippen molar-refractivity contribution >= 4 is 29.0 Å². The van der Waals surface area contributed by atoms with Gasteiger partial charge < -0.3 is 16.0 Å². The van der Waals surface area contributed by atoms with E-state index < -0.39 is 17.6 Å². The van der Waals surface area contributed by atoms with Crippen molar-refractivity contribution in [2.24, 2.45) is 0 Å². The lowest BCUT2D eigenvalue weighted by Crippen LogP contribution is -2.13. The molecule has 0 spiro atoms. The fourth-order valence-corrected chi connectivity index (χ4v) is 3.54. The highest BCUT2D eigenvalue weighted by Gasteiger charge is 2.30. The molecule has 184 valence electrons. The number of nitrogens with zero attached hydrogens (tertiary/aromatic N) is 4. The highest BCUT2D eigenvalue weighted by molar-refractivity contribution is 6.04. The number of alkyl halides is 3. The molecular weight excluding hydrogens is 471 g/mol. The Bertz CT molecular complexity index is 1400. The molecule has 11 heteroatoms. The first-order valence-electron chi connectivity index (χ1n) is 11.2. The molecule has 0 saturated heterocycles. The van der Waals surface area contributed by atoms with Gasteiger partial charge in [-0.15, -0.1) is 0 Å². The van der Waals surface area contributed by atoms with Crippen LogP contribution in [0.1, 0.15) is 34.3 Å². The van der Waals surface area contributed by atoms with Crippen LogP contribution in [0.2, 0.25) is 0 Å². The van der Waals surface area contributed by atoms with Crippen molar-refractivity contribution < 1.29 is 18.0 Å². The zero-order valence-corrected chi connectivity index (χ0v) is 19.2. The van der Waals surface area contributed by atoms with Gasteiger partial charge in [-0.3, -0.25) is 9.36 Å². The smallest absolute Gasteiger partial charge is 0.367 e. The number of aryl methyl sites for hydroxylation is 1. The number of aromatic nitrogens is 4. The molecule has 1 aliphatic rings. The minimum absolute atomic E-state index is 0.119. The quantitative estimate of drug-likeness (QED) is 0.312. The molecule has 0 radical (unpaired) electrons. The number of halogens is 3. The van der Waals surface area contributed by atoms with Crippen LogP contribution >= 0.6 is 0 Å². The summed E-state index contributed by atoms with van der Waals surface area (Å²) >= 11 is 0. The van der Waals surface area contributed by atoms with E-state index in [-0.39, 0.29) is 5.56 Å². The predicted molar refractivity (Wildman–Crippen MR) is 130 cm³/mol. The van der Waals surface area contributed by atoms with Gasteiger partial charge in [-0.25, -0.2) is 15.0 Å². The van der Waals surface area contributed by atoms with Crippen molar-refractivity contribution in [1.82, 2.24) is 19.5 Å². The number of rotatable bonds is 7. The minimum Gasteiger partial charge on any atom is -0.367 e. The van der Waals surface area contributed by atoms with E-state index in [1.54, 1.807) is 29.1 Å². The van der Waals surface area contributed by atoms with Crippen molar-refractivity contribution in [3.63, 3.8) is 0 Å². The first-order chi connectivity index (χ1) is 17.3. The lowest BCUT2D eigenvalue weighted by molar-refractivity contribution is -0.137. The molecule has 5 rings (SSSR count). The van der Waals surface area contributed by atoms with Crippen molar-refractivity contribution in [3.05, 3.63) is 83.9 Å². The molecule has 8 nitrogen and oxygen atoms in total. The zero-order valence-electron chi connectivity index (χ0n) is 19.2. The van der Waals surface area contributed by atoms with Gasteiger partial charge in [0.25, 0.3) is 5.91 Å². The summed E-state index contributed by atoms with van der Waals surface area (Å²) in [5, 5.41) is 9.33. The lowest BCUT2D eigenvalue weighted by Gasteiger charge is -2.14. The van der Waals surface area contributed by atoms with Gasteiger partial charge in [0.2, 0.25) is 5.95 Å². The van der Waals surface area contributed by atoms with Gasteiger partial charge in [-0.2, -0.15) is 13.2 Å². The van der Waals surface area contributed by atoms with Crippen LogP contribution in [0.5, 0.6) is 0 Å². The Balaban J connectivity index is 1.33. The number of carbonyl (C=O) groups excluding carboxylic acids is 1. The van der Waals surface area contributed by atoms with Gasteiger partial charge in [0.15, 0.2) is 0 Å². The van der Waals surface area contributed by atoms with Crippen LogP contribution in [-0.2, 0) is 6.18 Å². The van der Waals surface area contributed by atoms with E-state index in [0.717, 1.165) is 48.5 Å². The average Bonchev–Trinajstić information content (AvgIpc) is 3.55. The van der Waals surface area contributed by atoms with E-state index in [1.807, 2.05) is 19.1 Å². The Labute approximate surface area is 204 Å². The average molecular weight is 493 g/mol. The summed E-state index contributed by atoms with van der Waals surface area (Å²) < 4.78 is 40.2. The van der Waals surface area contributed by atoms with E-state index in [9.17, 15) is 18.0 Å². The van der Waals surface area contributed by atoms with Gasteiger partial charge in [-0.1, -0.05) is 6.07 Å². The molecule has 2 aromatic carbocycles. The Morgan fingerprint density at radius 2 is 1.81 bits per heavy atom. The fraction of sp³-hybridized carbons (Fsp3) is 0.200. The second kappa shape index (κ2) is 9.33. The summed E-state index contributed by atoms with van der Waals surface area (Å²) in [6.07, 6.45) is 2.71. The third kappa shape index (κ3) is 5.29. The summed E-state index contributed by atoms with van der Waals surface area (Å²) in [5.41, 5.74) is 1.38. The molecule has 2 heterocycles. The number of anilines is 4. The number of benzene rings is 2. The van der Waals surface area contributed by atoms with Crippen LogP contribution in [-0.4, -0.2) is 31.5 Å². The van der Waals surface area contributed by atoms with Crippen molar-refractivity contribution in [2.75, 3.05) is 16.0 Å². The third-order valence-electron chi connectivity index (χ3n) is 5.69. The number of amides is 1. The Morgan fingerprint density at radius 3 is 2.53 bits per heavy atom. The lowest BCUT2D eigenvalue weighted by atomic mass is 10.1. The Morgan fingerprint density at radius 1 is 1.03 bits per heavy atom. The maximum absolute atomic E-state index is 12.8. The van der Waals surface area contributed by atoms with Gasteiger partial charge in [0, 0.05) is 41.4 Å². The maximum Gasteiger partial charge on any atom is 0.416 e. The van der Waals surface area contributed by atoms with Crippen LogP contribution in [0, 0.1) is 6.92 Å². The second-order valence-electron chi connectivity index (χ2n) is 8.48. The first-order valence-corrected chi connectivity index (χ1v) is 11.2. The van der Waals surface area contributed by atoms with Crippen LogP contribution in [0.15, 0.2) is 67.3 Å². The molecule has 1 fully saturated rings. The van der Waals surface area contributed by atoms with Crippen LogP contribution in [0.4, 0.5) is 36.3 Å². The van der Waals surface area contributed by atoms with Gasteiger partial charge in [-0.05, 0) is 61.7 Å². The zero-order chi connectivity index (χ0) is 25.3. The Kier molecular flexibility index (Phi) is 6.05. The van der Waals surface area contributed by atoms with E-state index >= 15 is 0 Å². The Hall–Kier alpha value is -4.41. The summed E-state index contributed by atoms with van der Waals surface area (Å²) in [4.78, 5) is 25.6. The molecule has 1 saturated carbocycles. The van der Waals surface area contributed by atoms with E-state index in [1.165, 1.54) is 6.33 Å². The maximum atomic E-state index is 12.8. The third-order valence-corrected chi connectivity index (χ3v) is 5.69. The molecule has 0 bridgehead atoms. The van der Waals surface area contributed by atoms with E-state index in [0.29, 0.717) is 29.2 Å². The molecule has 1 amide bonds. The molecule has 0 unspecified atom stereocenters. The summed E-state index contributed by atoms with van der Waals surface area (Å²) in [7, 11) is 0. The fourth-order valence-electron chi connectivity index (χ4n) is 3.54. The van der Waals surface area contributed by atoms with Gasteiger partial charge >= 0.3 is 6.18 Å². The largest absolute Gasteiger partial charge is 0.416 e. The van der Waals surface area contributed by atoms with Crippen molar-refractivity contribution in [1.29, 1.82) is 0 Å². The molecule has 36 heavy (non-hydrogen) atoms. The molecule has 2 aromatic heterocycles. The molecule has 1 aliphatic carbocycles. The standard InChI is InChI=1S/C25H22F3N7O/c1-15-2-7-19(33-23(36)16-3-5-17(6-4-16)25(26,27)28)12-20(15)34-24-29-10-11-35(24)22-13-21(30-14-31-22)32-18-8-9-18/h2-7,10-14,18H,8-9H2,1H3,(H,29,34)(H,33,36)(H,30,31,32). The molecule has 0 aliphatic heterocycles. The SMILES string of the molecule is Cc1ccc(NC(=O)c2ccc(C(F)(F)F)cc2)cc1Nc1nccn1-c1cc(NC2CC2)ncn1.